The first-order valence-corrected chi connectivity index (χ1v) is 11.5. The Morgan fingerprint density at radius 1 is 0.970 bits per heavy atom. The second-order valence-corrected chi connectivity index (χ2v) is 8.61. The molecular weight excluding hydrogens is 412 g/mol. The maximum atomic E-state index is 5.77. The highest BCUT2D eigenvalue weighted by Gasteiger charge is 2.15. The van der Waals surface area contributed by atoms with Crippen molar-refractivity contribution in [3.63, 3.8) is 0 Å². The molecule has 0 saturated carbocycles. The van der Waals surface area contributed by atoms with E-state index in [0.717, 1.165) is 72.6 Å². The summed E-state index contributed by atoms with van der Waals surface area (Å²) in [6, 6.07) is 17.0. The lowest BCUT2D eigenvalue weighted by Gasteiger charge is -2.20. The molecule has 2 aliphatic rings. The van der Waals surface area contributed by atoms with Crippen molar-refractivity contribution in [1.82, 2.24) is 15.3 Å². The van der Waals surface area contributed by atoms with Gasteiger partial charge in [0.25, 0.3) is 0 Å². The van der Waals surface area contributed by atoms with Crippen molar-refractivity contribution >= 4 is 22.5 Å². The van der Waals surface area contributed by atoms with Crippen molar-refractivity contribution in [3.8, 4) is 22.6 Å². The van der Waals surface area contributed by atoms with Crippen LogP contribution < -0.4 is 20.1 Å². The van der Waals surface area contributed by atoms with Crippen molar-refractivity contribution in [3.05, 3.63) is 71.4 Å². The molecule has 0 atom stereocenters. The summed E-state index contributed by atoms with van der Waals surface area (Å²) in [5.74, 6) is 2.37. The monoisotopic (exact) mass is 438 g/mol. The number of nitrogens with one attached hydrogen (secondary N) is 2. The summed E-state index contributed by atoms with van der Waals surface area (Å²) in [4.78, 5) is 9.35. The van der Waals surface area contributed by atoms with E-state index in [0.29, 0.717) is 5.95 Å². The number of nitrogens with zero attached hydrogens (tertiary/aromatic N) is 2. The quantitative estimate of drug-likeness (QED) is 0.466. The lowest BCUT2D eigenvalue weighted by atomic mass is 9.98. The van der Waals surface area contributed by atoms with E-state index in [-0.39, 0.29) is 0 Å². The molecule has 0 saturated heterocycles. The van der Waals surface area contributed by atoms with Crippen molar-refractivity contribution in [2.75, 3.05) is 25.6 Å². The van der Waals surface area contributed by atoms with Gasteiger partial charge in [0.1, 0.15) is 11.5 Å². The van der Waals surface area contributed by atoms with Crippen LogP contribution in [0.5, 0.6) is 11.5 Å². The smallest absolute Gasteiger partial charge is 0.227 e. The van der Waals surface area contributed by atoms with Crippen molar-refractivity contribution < 1.29 is 9.47 Å². The number of ether oxygens (including phenoxy) is 2. The Bertz CT molecular complexity index is 1350. The third kappa shape index (κ3) is 3.87. The molecule has 0 unspecified atom stereocenters. The van der Waals surface area contributed by atoms with Gasteiger partial charge in [-0.15, -0.1) is 0 Å². The molecule has 4 aromatic rings. The van der Waals surface area contributed by atoms with Crippen LogP contribution in [0.15, 0.2) is 54.7 Å². The zero-order chi connectivity index (χ0) is 22.2. The SMILES string of the molecule is COc1cc2c(cc1Nc1ncc3ccc(-c4ccc5c(c4)CCCO5)cc3n1)CNCC2. The second kappa shape index (κ2) is 8.37. The summed E-state index contributed by atoms with van der Waals surface area (Å²) in [6.45, 7) is 2.67. The molecule has 1 aromatic heterocycles. The Kier molecular flexibility index (Phi) is 5.07. The van der Waals surface area contributed by atoms with Crippen molar-refractivity contribution in [2.24, 2.45) is 0 Å². The molecule has 2 N–H and O–H groups in total. The van der Waals surface area contributed by atoms with Gasteiger partial charge in [-0.1, -0.05) is 18.2 Å². The van der Waals surface area contributed by atoms with E-state index in [2.05, 4.69) is 64.1 Å². The predicted octanol–water partition coefficient (Wildman–Crippen LogP) is 5.02. The summed E-state index contributed by atoms with van der Waals surface area (Å²) < 4.78 is 11.4. The predicted molar refractivity (Wildman–Crippen MR) is 130 cm³/mol. The minimum Gasteiger partial charge on any atom is -0.495 e. The van der Waals surface area contributed by atoms with Crippen LogP contribution >= 0.6 is 0 Å². The minimum absolute atomic E-state index is 0.556. The zero-order valence-corrected chi connectivity index (χ0v) is 18.6. The average Bonchev–Trinajstić information content (AvgIpc) is 2.87. The maximum Gasteiger partial charge on any atom is 0.227 e. The second-order valence-electron chi connectivity index (χ2n) is 8.61. The van der Waals surface area contributed by atoms with Crippen LogP contribution in [-0.2, 0) is 19.4 Å². The highest BCUT2D eigenvalue weighted by atomic mass is 16.5. The Labute approximate surface area is 193 Å². The van der Waals surface area contributed by atoms with E-state index < -0.39 is 0 Å². The number of benzene rings is 3. The summed E-state index contributed by atoms with van der Waals surface area (Å²) in [7, 11) is 1.70. The molecule has 166 valence electrons. The molecule has 6 rings (SSSR count). The summed E-state index contributed by atoms with van der Waals surface area (Å²) in [5.41, 5.74) is 7.98. The van der Waals surface area contributed by atoms with Gasteiger partial charge in [0.15, 0.2) is 0 Å². The van der Waals surface area contributed by atoms with Crippen LogP contribution in [0, 0.1) is 0 Å². The fourth-order valence-corrected chi connectivity index (χ4v) is 4.70. The molecule has 0 amide bonds. The molecule has 3 aromatic carbocycles. The number of hydrogen-bond donors (Lipinski definition) is 2. The Morgan fingerprint density at radius 3 is 2.82 bits per heavy atom. The fourth-order valence-electron chi connectivity index (χ4n) is 4.70. The largest absolute Gasteiger partial charge is 0.495 e. The lowest BCUT2D eigenvalue weighted by molar-refractivity contribution is 0.288. The van der Waals surface area contributed by atoms with Gasteiger partial charge in [0.05, 0.1) is 24.9 Å². The first-order valence-electron chi connectivity index (χ1n) is 11.5. The van der Waals surface area contributed by atoms with Gasteiger partial charge >= 0.3 is 0 Å². The lowest BCUT2D eigenvalue weighted by Crippen LogP contribution is -2.23. The zero-order valence-electron chi connectivity index (χ0n) is 18.6. The van der Waals surface area contributed by atoms with E-state index in [1.54, 1.807) is 7.11 Å². The van der Waals surface area contributed by atoms with E-state index >= 15 is 0 Å². The number of fused-ring (bicyclic) bond motifs is 3. The Hall–Kier alpha value is -3.64. The van der Waals surface area contributed by atoms with Crippen LogP contribution in [0.25, 0.3) is 22.0 Å². The Morgan fingerprint density at radius 2 is 1.88 bits per heavy atom. The molecule has 0 spiro atoms. The number of aromatic nitrogens is 2. The molecule has 6 nitrogen and oxygen atoms in total. The van der Waals surface area contributed by atoms with Crippen LogP contribution in [0.1, 0.15) is 23.1 Å². The number of aryl methyl sites for hydroxylation is 1. The number of hydrogen-bond acceptors (Lipinski definition) is 6. The molecular formula is C27H26N4O2. The van der Waals surface area contributed by atoms with E-state index in [1.807, 2.05) is 6.20 Å². The molecule has 0 bridgehead atoms. The van der Waals surface area contributed by atoms with E-state index in [9.17, 15) is 0 Å². The summed E-state index contributed by atoms with van der Waals surface area (Å²) in [5, 5.41) is 7.81. The fraction of sp³-hybridized carbons (Fsp3) is 0.259. The van der Waals surface area contributed by atoms with Gasteiger partial charge in [-0.25, -0.2) is 9.97 Å². The molecule has 6 heteroatoms. The van der Waals surface area contributed by atoms with Crippen LogP contribution in [0.3, 0.4) is 0 Å². The summed E-state index contributed by atoms with van der Waals surface area (Å²) >= 11 is 0. The van der Waals surface area contributed by atoms with Gasteiger partial charge in [0, 0.05) is 18.1 Å². The standard InChI is InChI=1S/C27H26N4O2/c1-32-26-14-19-8-9-28-15-22(19)13-24(26)31-27-29-16-21-5-4-18(12-23(21)30-27)17-6-7-25-20(11-17)3-2-10-33-25/h4-7,11-14,16,28H,2-3,8-10,15H2,1H3,(H,29,30,31). The van der Waals surface area contributed by atoms with Gasteiger partial charge in [-0.05, 0) is 84.0 Å². The topological polar surface area (TPSA) is 68.3 Å². The molecule has 33 heavy (non-hydrogen) atoms. The van der Waals surface area contributed by atoms with Gasteiger partial charge < -0.3 is 20.1 Å². The van der Waals surface area contributed by atoms with Crippen LogP contribution in [0.2, 0.25) is 0 Å². The summed E-state index contributed by atoms with van der Waals surface area (Å²) in [6.07, 6.45) is 5.00. The number of anilines is 2. The number of rotatable bonds is 4. The van der Waals surface area contributed by atoms with Gasteiger partial charge in [-0.2, -0.15) is 0 Å². The molecule has 0 radical (unpaired) electrons. The molecule has 2 aliphatic heterocycles. The maximum absolute atomic E-state index is 5.77. The highest BCUT2D eigenvalue weighted by molar-refractivity contribution is 5.85. The van der Waals surface area contributed by atoms with E-state index in [1.165, 1.54) is 22.3 Å². The van der Waals surface area contributed by atoms with Crippen molar-refractivity contribution in [1.29, 1.82) is 0 Å². The van der Waals surface area contributed by atoms with Gasteiger partial charge in [0.2, 0.25) is 5.95 Å². The normalized spacial score (nSPS) is 14.8. The van der Waals surface area contributed by atoms with Crippen LogP contribution in [0.4, 0.5) is 11.6 Å². The minimum atomic E-state index is 0.556. The third-order valence-corrected chi connectivity index (χ3v) is 6.48. The highest BCUT2D eigenvalue weighted by Crippen LogP contribution is 2.33. The van der Waals surface area contributed by atoms with E-state index in [4.69, 9.17) is 14.5 Å². The number of methoxy groups -OCH3 is 1. The van der Waals surface area contributed by atoms with Crippen LogP contribution in [-0.4, -0.2) is 30.2 Å². The van der Waals surface area contributed by atoms with Gasteiger partial charge in [-0.3, -0.25) is 0 Å². The van der Waals surface area contributed by atoms with Crippen molar-refractivity contribution in [2.45, 2.75) is 25.8 Å². The third-order valence-electron chi connectivity index (χ3n) is 6.48. The molecule has 0 aliphatic carbocycles. The first-order chi connectivity index (χ1) is 16.3. The first kappa shape index (κ1) is 20.0. The average molecular weight is 439 g/mol. The Balaban J connectivity index is 1.33. The molecule has 3 heterocycles. The molecule has 0 fully saturated rings.